The van der Waals surface area contributed by atoms with Crippen LogP contribution in [0, 0.1) is 5.92 Å². The molecule has 0 aromatic carbocycles. The van der Waals surface area contributed by atoms with Crippen molar-refractivity contribution in [2.24, 2.45) is 5.92 Å². The Morgan fingerprint density at radius 2 is 1.89 bits per heavy atom. The van der Waals surface area contributed by atoms with Gasteiger partial charge in [-0.3, -0.25) is 4.79 Å². The summed E-state index contributed by atoms with van der Waals surface area (Å²) in [5.74, 6) is -0.480. The maximum absolute atomic E-state index is 12.1. The van der Waals surface area contributed by atoms with Crippen molar-refractivity contribution in [2.75, 3.05) is 0 Å². The van der Waals surface area contributed by atoms with E-state index in [1.54, 1.807) is 10.6 Å². The van der Waals surface area contributed by atoms with Crippen LogP contribution in [0.15, 0.2) is 16.9 Å². The minimum Gasteiger partial charge on any atom is -0.477 e. The smallest absolute Gasteiger partial charge is 0.341 e. The van der Waals surface area contributed by atoms with Crippen molar-refractivity contribution in [1.29, 1.82) is 0 Å². The van der Waals surface area contributed by atoms with Gasteiger partial charge in [0.15, 0.2) is 0 Å². The third kappa shape index (κ3) is 3.22. The van der Waals surface area contributed by atoms with Crippen molar-refractivity contribution in [3.63, 3.8) is 0 Å². The number of carboxylic acid groups (broad SMARTS) is 1. The molecule has 1 heterocycles. The Kier molecular flexibility index (Phi) is 4.70. The van der Waals surface area contributed by atoms with Crippen LogP contribution in [0.4, 0.5) is 0 Å². The van der Waals surface area contributed by atoms with Crippen LogP contribution in [-0.2, 0) is 6.54 Å². The van der Waals surface area contributed by atoms with Gasteiger partial charge in [0, 0.05) is 12.2 Å². The summed E-state index contributed by atoms with van der Waals surface area (Å²) in [6, 6.07) is 3.15. The standard InChI is InChI=1S/C14H21NO3/c1-9(2)7-8-15-12(10(3)4)6-5-11(13(15)16)14(17)18/h5-6,9-10H,7-8H2,1-4H3,(H,17,18). The zero-order valence-corrected chi connectivity index (χ0v) is 11.4. The minimum absolute atomic E-state index is 0.150. The number of aromatic nitrogens is 1. The first kappa shape index (κ1) is 14.5. The molecule has 4 nitrogen and oxygen atoms in total. The number of nitrogens with zero attached hydrogens (tertiary/aromatic N) is 1. The van der Waals surface area contributed by atoms with Crippen molar-refractivity contribution in [3.8, 4) is 0 Å². The minimum atomic E-state index is -1.16. The molecule has 1 rings (SSSR count). The molecule has 4 heteroatoms. The lowest BCUT2D eigenvalue weighted by molar-refractivity contribution is 0.0694. The largest absolute Gasteiger partial charge is 0.477 e. The van der Waals surface area contributed by atoms with Gasteiger partial charge in [0.2, 0.25) is 0 Å². The Morgan fingerprint density at radius 1 is 1.28 bits per heavy atom. The molecule has 0 unspecified atom stereocenters. The molecule has 100 valence electrons. The summed E-state index contributed by atoms with van der Waals surface area (Å²) in [6.07, 6.45) is 0.864. The fourth-order valence-corrected chi connectivity index (χ4v) is 1.88. The van der Waals surface area contributed by atoms with E-state index in [9.17, 15) is 9.59 Å². The van der Waals surface area contributed by atoms with Crippen LogP contribution < -0.4 is 5.56 Å². The molecule has 0 aliphatic heterocycles. The molecular formula is C14H21NO3. The van der Waals surface area contributed by atoms with E-state index in [1.165, 1.54) is 6.07 Å². The molecule has 0 fully saturated rings. The highest BCUT2D eigenvalue weighted by molar-refractivity contribution is 5.87. The molecule has 0 atom stereocenters. The molecule has 0 saturated carbocycles. The topological polar surface area (TPSA) is 59.3 Å². The highest BCUT2D eigenvalue weighted by atomic mass is 16.4. The summed E-state index contributed by atoms with van der Waals surface area (Å²) in [6.45, 7) is 8.75. The van der Waals surface area contributed by atoms with Crippen molar-refractivity contribution >= 4 is 5.97 Å². The van der Waals surface area contributed by atoms with Gasteiger partial charge in [0.1, 0.15) is 5.56 Å². The van der Waals surface area contributed by atoms with Crippen LogP contribution in [0.3, 0.4) is 0 Å². The van der Waals surface area contributed by atoms with E-state index in [0.717, 1.165) is 12.1 Å². The molecule has 0 aliphatic carbocycles. The van der Waals surface area contributed by atoms with E-state index in [4.69, 9.17) is 5.11 Å². The molecule has 0 amide bonds. The zero-order chi connectivity index (χ0) is 13.9. The second-order valence-electron chi connectivity index (χ2n) is 5.27. The summed E-state index contributed by atoms with van der Waals surface area (Å²) in [5, 5.41) is 8.98. The zero-order valence-electron chi connectivity index (χ0n) is 11.4. The molecule has 0 spiro atoms. The first-order chi connectivity index (χ1) is 8.34. The molecule has 0 aliphatic rings. The van der Waals surface area contributed by atoms with Crippen molar-refractivity contribution in [3.05, 3.63) is 33.7 Å². The van der Waals surface area contributed by atoms with E-state index in [0.29, 0.717) is 12.5 Å². The van der Waals surface area contributed by atoms with E-state index >= 15 is 0 Å². The third-order valence-corrected chi connectivity index (χ3v) is 2.96. The number of rotatable bonds is 5. The molecule has 18 heavy (non-hydrogen) atoms. The highest BCUT2D eigenvalue weighted by Crippen LogP contribution is 2.14. The Bertz CT molecular complexity index is 486. The lowest BCUT2D eigenvalue weighted by Gasteiger charge is -2.17. The first-order valence-corrected chi connectivity index (χ1v) is 6.31. The summed E-state index contributed by atoms with van der Waals surface area (Å²) in [7, 11) is 0. The summed E-state index contributed by atoms with van der Waals surface area (Å²) in [5.41, 5.74) is 0.350. The van der Waals surface area contributed by atoms with Gasteiger partial charge in [-0.1, -0.05) is 27.7 Å². The van der Waals surface area contributed by atoms with Gasteiger partial charge in [0.05, 0.1) is 0 Å². The fraction of sp³-hybridized carbons (Fsp3) is 0.571. The van der Waals surface area contributed by atoms with Crippen LogP contribution in [0.1, 0.15) is 56.1 Å². The number of carbonyl (C=O) groups is 1. The average molecular weight is 251 g/mol. The predicted octanol–water partition coefficient (Wildman–Crippen LogP) is 2.72. The van der Waals surface area contributed by atoms with E-state index < -0.39 is 11.5 Å². The van der Waals surface area contributed by atoms with Crippen molar-refractivity contribution in [1.82, 2.24) is 4.57 Å². The van der Waals surface area contributed by atoms with E-state index in [-0.39, 0.29) is 11.5 Å². The van der Waals surface area contributed by atoms with Crippen LogP contribution in [0.25, 0.3) is 0 Å². The Morgan fingerprint density at radius 3 is 2.33 bits per heavy atom. The molecule has 0 bridgehead atoms. The summed E-state index contributed by atoms with van der Waals surface area (Å²) in [4.78, 5) is 23.1. The molecular weight excluding hydrogens is 230 g/mol. The number of hydrogen-bond acceptors (Lipinski definition) is 2. The van der Waals surface area contributed by atoms with Crippen LogP contribution in [0.5, 0.6) is 0 Å². The second kappa shape index (κ2) is 5.85. The maximum Gasteiger partial charge on any atom is 0.341 e. The molecule has 1 N–H and O–H groups in total. The number of aromatic carboxylic acids is 1. The molecule has 1 aromatic heterocycles. The quantitative estimate of drug-likeness (QED) is 0.875. The number of carboxylic acids is 1. The number of hydrogen-bond donors (Lipinski definition) is 1. The highest BCUT2D eigenvalue weighted by Gasteiger charge is 2.15. The SMILES string of the molecule is CC(C)CCn1c(C(C)C)ccc(C(=O)O)c1=O. The molecule has 0 saturated heterocycles. The number of pyridine rings is 1. The van der Waals surface area contributed by atoms with Gasteiger partial charge in [-0.05, 0) is 30.4 Å². The monoisotopic (exact) mass is 251 g/mol. The normalized spacial score (nSPS) is 11.2. The van der Waals surface area contributed by atoms with Crippen molar-refractivity contribution < 1.29 is 9.90 Å². The van der Waals surface area contributed by atoms with Crippen LogP contribution in [-0.4, -0.2) is 15.6 Å². The van der Waals surface area contributed by atoms with Crippen LogP contribution in [0.2, 0.25) is 0 Å². The predicted molar refractivity (Wildman–Crippen MR) is 71.2 cm³/mol. The molecule has 1 aromatic rings. The lowest BCUT2D eigenvalue weighted by atomic mass is 10.1. The third-order valence-electron chi connectivity index (χ3n) is 2.96. The second-order valence-corrected chi connectivity index (χ2v) is 5.27. The van der Waals surface area contributed by atoms with E-state index in [2.05, 4.69) is 13.8 Å². The summed E-state index contributed by atoms with van der Waals surface area (Å²) >= 11 is 0. The van der Waals surface area contributed by atoms with Crippen LogP contribution >= 0.6 is 0 Å². The van der Waals surface area contributed by atoms with E-state index in [1.807, 2.05) is 13.8 Å². The lowest BCUT2D eigenvalue weighted by Crippen LogP contribution is -2.29. The van der Waals surface area contributed by atoms with Gasteiger partial charge in [-0.25, -0.2) is 4.79 Å². The van der Waals surface area contributed by atoms with Gasteiger partial charge in [-0.15, -0.1) is 0 Å². The average Bonchev–Trinajstić information content (AvgIpc) is 2.25. The Labute approximate surface area is 107 Å². The van der Waals surface area contributed by atoms with Gasteiger partial charge in [-0.2, -0.15) is 0 Å². The van der Waals surface area contributed by atoms with Gasteiger partial charge >= 0.3 is 5.97 Å². The van der Waals surface area contributed by atoms with Gasteiger partial charge < -0.3 is 9.67 Å². The maximum atomic E-state index is 12.1. The molecule has 0 radical (unpaired) electrons. The first-order valence-electron chi connectivity index (χ1n) is 6.31. The Balaban J connectivity index is 3.27. The van der Waals surface area contributed by atoms with Gasteiger partial charge in [0.25, 0.3) is 5.56 Å². The van der Waals surface area contributed by atoms with Crippen molar-refractivity contribution in [2.45, 2.75) is 46.6 Å². The summed E-state index contributed by atoms with van der Waals surface area (Å²) < 4.78 is 1.61. The Hall–Kier alpha value is -1.58. The fourth-order valence-electron chi connectivity index (χ4n) is 1.88.